The van der Waals surface area contributed by atoms with Gasteiger partial charge in [0.05, 0.1) is 12.6 Å². The molecule has 5 nitrogen and oxygen atoms in total. The molecule has 1 aromatic carbocycles. The van der Waals surface area contributed by atoms with Crippen molar-refractivity contribution in [3.05, 3.63) is 47.8 Å². The molecule has 1 atom stereocenters. The highest BCUT2D eigenvalue weighted by Gasteiger charge is 2.38. The number of fused-ring (bicyclic) bond motifs is 1. The summed E-state index contributed by atoms with van der Waals surface area (Å²) in [5.74, 6) is 1.38. The first-order valence-corrected chi connectivity index (χ1v) is 8.66. The highest BCUT2D eigenvalue weighted by Crippen LogP contribution is 2.44. The van der Waals surface area contributed by atoms with E-state index in [0.717, 1.165) is 22.4 Å². The number of hydrogen-bond donors (Lipinski definition) is 2. The third kappa shape index (κ3) is 3.06. The molecule has 0 spiro atoms. The average molecular weight is 338 g/mol. The minimum absolute atomic E-state index is 0.293. The van der Waals surface area contributed by atoms with Crippen molar-refractivity contribution in [3.8, 4) is 16.9 Å². The number of pyridine rings is 1. The number of hydrogen-bond acceptors (Lipinski definition) is 3. The van der Waals surface area contributed by atoms with Gasteiger partial charge in [0.2, 0.25) is 0 Å². The van der Waals surface area contributed by atoms with Crippen molar-refractivity contribution in [1.29, 1.82) is 0 Å². The van der Waals surface area contributed by atoms with Crippen LogP contribution in [0.4, 0.5) is 4.79 Å². The number of carbonyl (C=O) groups is 1. The summed E-state index contributed by atoms with van der Waals surface area (Å²) >= 11 is 0. The second-order valence-corrected chi connectivity index (χ2v) is 7.66. The lowest BCUT2D eigenvalue weighted by molar-refractivity contribution is 0.0996. The minimum atomic E-state index is -1.02. The van der Waals surface area contributed by atoms with Crippen LogP contribution in [-0.4, -0.2) is 22.8 Å². The Morgan fingerprint density at radius 3 is 2.64 bits per heavy atom. The van der Waals surface area contributed by atoms with Crippen LogP contribution in [0.25, 0.3) is 11.1 Å². The molecule has 0 bridgehead atoms. The molecule has 4 rings (SSSR count). The Kier molecular flexibility index (Phi) is 3.67. The molecule has 2 heterocycles. The zero-order chi connectivity index (χ0) is 17.6. The van der Waals surface area contributed by atoms with Gasteiger partial charge in [-0.05, 0) is 30.5 Å². The van der Waals surface area contributed by atoms with Crippen LogP contribution in [-0.2, 0) is 0 Å². The fourth-order valence-corrected chi connectivity index (χ4v) is 3.44. The zero-order valence-corrected chi connectivity index (χ0v) is 14.5. The number of rotatable bonds is 3. The van der Waals surface area contributed by atoms with Crippen molar-refractivity contribution in [2.45, 2.75) is 38.6 Å². The van der Waals surface area contributed by atoms with E-state index in [1.807, 2.05) is 38.2 Å². The van der Waals surface area contributed by atoms with Crippen LogP contribution in [0.2, 0.25) is 0 Å². The molecule has 25 heavy (non-hydrogen) atoms. The molecule has 1 aliphatic heterocycles. The Hall–Kier alpha value is -2.56. The van der Waals surface area contributed by atoms with Gasteiger partial charge in [-0.1, -0.05) is 32.0 Å². The van der Waals surface area contributed by atoms with Crippen molar-refractivity contribution in [2.24, 2.45) is 5.41 Å². The topological polar surface area (TPSA) is 71.5 Å². The first kappa shape index (κ1) is 15.9. The summed E-state index contributed by atoms with van der Waals surface area (Å²) in [4.78, 5) is 15.8. The normalized spacial score (nSPS) is 21.1. The van der Waals surface area contributed by atoms with Gasteiger partial charge in [-0.15, -0.1) is 0 Å². The number of carboxylic acid groups (broad SMARTS) is 1. The predicted octanol–water partition coefficient (Wildman–Crippen LogP) is 4.35. The van der Waals surface area contributed by atoms with Gasteiger partial charge in [-0.25, -0.2) is 4.79 Å². The number of amides is 1. The van der Waals surface area contributed by atoms with Gasteiger partial charge >= 0.3 is 6.09 Å². The van der Waals surface area contributed by atoms with E-state index in [4.69, 9.17) is 4.74 Å². The summed E-state index contributed by atoms with van der Waals surface area (Å²) in [5, 5.41) is 11.8. The molecule has 2 N–H and O–H groups in total. The lowest BCUT2D eigenvalue weighted by Gasteiger charge is -2.39. The van der Waals surface area contributed by atoms with Gasteiger partial charge in [0.1, 0.15) is 5.75 Å². The second-order valence-electron chi connectivity index (χ2n) is 7.66. The lowest BCUT2D eigenvalue weighted by Crippen LogP contribution is -2.43. The fraction of sp³-hybridized carbons (Fsp3) is 0.400. The Labute approximate surface area is 147 Å². The van der Waals surface area contributed by atoms with Gasteiger partial charge in [-0.2, -0.15) is 0 Å². The maximum atomic E-state index is 11.2. The molecule has 0 radical (unpaired) electrons. The molecule has 2 aromatic rings. The molecule has 1 aromatic heterocycles. The third-order valence-electron chi connectivity index (χ3n) is 5.09. The Balaban J connectivity index is 1.66. The first-order chi connectivity index (χ1) is 11.9. The molecule has 2 aliphatic rings. The molecule has 1 saturated carbocycles. The monoisotopic (exact) mass is 338 g/mol. The molecule has 0 saturated heterocycles. The van der Waals surface area contributed by atoms with Crippen LogP contribution in [0, 0.1) is 5.41 Å². The highest BCUT2D eigenvalue weighted by atomic mass is 16.5. The average Bonchev–Trinajstić information content (AvgIpc) is 3.42. The van der Waals surface area contributed by atoms with E-state index in [0.29, 0.717) is 12.5 Å². The molecule has 1 amide bonds. The summed E-state index contributed by atoms with van der Waals surface area (Å²) < 4.78 is 5.93. The van der Waals surface area contributed by atoms with E-state index in [9.17, 15) is 9.90 Å². The molecule has 5 heteroatoms. The number of aromatic nitrogens is 1. The molecule has 1 fully saturated rings. The Morgan fingerprint density at radius 2 is 2.00 bits per heavy atom. The molecular formula is C20H22N2O3. The summed E-state index contributed by atoms with van der Waals surface area (Å²) in [5.41, 5.74) is 3.82. The summed E-state index contributed by atoms with van der Waals surface area (Å²) in [6.07, 6.45) is 3.38. The van der Waals surface area contributed by atoms with Crippen molar-refractivity contribution in [1.82, 2.24) is 10.3 Å². The SMILES string of the molecule is CC1(C)COc2cc(-c3ccc(C4CC4)nc3)ccc2C1NC(=O)O. The van der Waals surface area contributed by atoms with E-state index < -0.39 is 6.09 Å². The van der Waals surface area contributed by atoms with E-state index >= 15 is 0 Å². The van der Waals surface area contributed by atoms with Crippen molar-refractivity contribution >= 4 is 6.09 Å². The van der Waals surface area contributed by atoms with Crippen LogP contribution in [0.5, 0.6) is 5.75 Å². The number of nitrogens with one attached hydrogen (secondary N) is 1. The van der Waals surface area contributed by atoms with Crippen molar-refractivity contribution in [2.75, 3.05) is 6.61 Å². The highest BCUT2D eigenvalue weighted by molar-refractivity contribution is 5.68. The summed E-state index contributed by atoms with van der Waals surface area (Å²) in [6, 6.07) is 9.86. The largest absolute Gasteiger partial charge is 0.493 e. The molecule has 1 unspecified atom stereocenters. The Morgan fingerprint density at radius 1 is 1.24 bits per heavy atom. The first-order valence-electron chi connectivity index (χ1n) is 8.66. The quantitative estimate of drug-likeness (QED) is 0.872. The van der Waals surface area contributed by atoms with Crippen LogP contribution in [0.15, 0.2) is 36.5 Å². The van der Waals surface area contributed by atoms with Gasteiger partial charge in [-0.3, -0.25) is 4.98 Å². The predicted molar refractivity (Wildman–Crippen MR) is 94.8 cm³/mol. The van der Waals surface area contributed by atoms with Crippen molar-refractivity contribution < 1.29 is 14.6 Å². The Bertz CT molecular complexity index is 810. The minimum Gasteiger partial charge on any atom is -0.493 e. The van der Waals surface area contributed by atoms with Crippen LogP contribution < -0.4 is 10.1 Å². The standard InChI is InChI=1S/C20H22N2O3/c1-20(2)11-25-17-9-13(5-7-15(17)18(20)22-19(23)24)14-6-8-16(21-10-14)12-3-4-12/h5-10,12,18,22H,3-4,11H2,1-2H3,(H,23,24). The maximum Gasteiger partial charge on any atom is 0.405 e. The maximum absolute atomic E-state index is 11.2. The lowest BCUT2D eigenvalue weighted by atomic mass is 9.78. The molecular weight excluding hydrogens is 316 g/mol. The smallest absolute Gasteiger partial charge is 0.405 e. The van der Waals surface area contributed by atoms with E-state index in [1.54, 1.807) is 0 Å². The molecule has 130 valence electrons. The number of benzene rings is 1. The van der Waals surface area contributed by atoms with Gasteiger partial charge in [0.25, 0.3) is 0 Å². The summed E-state index contributed by atoms with van der Waals surface area (Å²) in [7, 11) is 0. The third-order valence-corrected chi connectivity index (χ3v) is 5.09. The number of ether oxygens (including phenoxy) is 1. The van der Waals surface area contributed by atoms with Crippen LogP contribution >= 0.6 is 0 Å². The van der Waals surface area contributed by atoms with E-state index in [2.05, 4.69) is 22.4 Å². The fourth-order valence-electron chi connectivity index (χ4n) is 3.44. The van der Waals surface area contributed by atoms with E-state index in [1.165, 1.54) is 18.5 Å². The van der Waals surface area contributed by atoms with Crippen LogP contribution in [0.1, 0.15) is 49.9 Å². The summed E-state index contributed by atoms with van der Waals surface area (Å²) in [6.45, 7) is 4.48. The number of nitrogens with zero attached hydrogens (tertiary/aromatic N) is 1. The van der Waals surface area contributed by atoms with Crippen molar-refractivity contribution in [3.63, 3.8) is 0 Å². The van der Waals surface area contributed by atoms with Gasteiger partial charge in [0.15, 0.2) is 0 Å². The second kappa shape index (κ2) is 5.76. The van der Waals surface area contributed by atoms with Crippen LogP contribution in [0.3, 0.4) is 0 Å². The van der Waals surface area contributed by atoms with Gasteiger partial charge in [0, 0.05) is 34.4 Å². The molecule has 1 aliphatic carbocycles. The van der Waals surface area contributed by atoms with Gasteiger partial charge < -0.3 is 15.2 Å². The van der Waals surface area contributed by atoms with E-state index in [-0.39, 0.29) is 11.5 Å². The zero-order valence-electron chi connectivity index (χ0n) is 14.5.